The van der Waals surface area contributed by atoms with Crippen molar-refractivity contribution in [1.82, 2.24) is 0 Å². The van der Waals surface area contributed by atoms with Crippen LogP contribution in [0.5, 0.6) is 0 Å². The van der Waals surface area contributed by atoms with Crippen molar-refractivity contribution in [3.05, 3.63) is 157 Å². The molecule has 0 unspecified atom stereocenters. The molecule has 128 heavy (non-hydrogen) atoms. The number of halogens is 1. The predicted octanol–water partition coefficient (Wildman–Crippen LogP) is 37.3. The number of hydrogen-bond acceptors (Lipinski definition) is 25. The minimum absolute atomic E-state index is 0.320. The fourth-order valence-electron chi connectivity index (χ4n) is 14.0. The molecule has 0 spiro atoms. The minimum atomic E-state index is -3.83. The number of thiophene rings is 13. The first kappa shape index (κ1) is 107. The number of unbranched alkanes of at least 4 members (excludes halogenated alkanes) is 11. The maximum atomic E-state index is 15.4. The van der Waals surface area contributed by atoms with Crippen LogP contribution in [0.25, 0.3) is 97.5 Å². The second-order valence-electron chi connectivity index (χ2n) is 31.5. The SMILES string of the molecule is CCCCOP(=O)(OCCCC)c1cc(-c2ccc(-c3ccc(-c4cccs4)s3)s2)sc1-c1cc(P(=O)(OCCCC)OCCCC)c(-c2ccc(-c3ccc(-c4cccs4)s3)s2)s1.CCCCOP(=O)(OCCCC)c1cc(C)sc1-c1cc(P(=O)(OCCCC)OCCCC)[c]([Sn]([CH2]CCC)([CH2]CCC)[CH2]CCC)s1.Ic1ccc(-c2ccc(-c3cccs3)s2)s1. The Labute approximate surface area is 833 Å². The number of rotatable bonds is 56. The zero-order valence-corrected chi connectivity index (χ0v) is 95.3. The van der Waals surface area contributed by atoms with Gasteiger partial charge in [0.05, 0.1) is 49.7 Å². The molecule has 31 heteroatoms. The summed E-state index contributed by atoms with van der Waals surface area (Å²) in [7, 11) is -14.9. The molecule has 0 radical (unpaired) electrons. The van der Waals surface area contributed by atoms with E-state index >= 15 is 13.7 Å². The maximum Gasteiger partial charge on any atom is 0.0660 e. The van der Waals surface area contributed by atoms with E-state index in [1.54, 1.807) is 113 Å². The van der Waals surface area contributed by atoms with Crippen LogP contribution in [-0.4, -0.2) is 71.2 Å². The molecular weight excluding hydrogens is 2140 g/mol. The first-order valence-electron chi connectivity index (χ1n) is 45.7. The van der Waals surface area contributed by atoms with Crippen molar-refractivity contribution in [2.45, 2.75) is 238 Å². The summed E-state index contributed by atoms with van der Waals surface area (Å²) in [4.78, 5) is 23.7. The second-order valence-corrected chi connectivity index (χ2v) is 69.2. The van der Waals surface area contributed by atoms with Gasteiger partial charge in [-0.15, -0.1) is 125 Å². The zero-order valence-electron chi connectivity index (χ0n) is 76.1. The van der Waals surface area contributed by atoms with Gasteiger partial charge in [-0.05, 0) is 168 Å². The van der Waals surface area contributed by atoms with E-state index in [0.717, 1.165) is 176 Å². The summed E-state index contributed by atoms with van der Waals surface area (Å²) in [5, 5.41) is 8.92. The van der Waals surface area contributed by atoms with E-state index in [4.69, 9.17) is 36.2 Å². The normalized spacial score (nSPS) is 12.3. The Bertz CT molecular complexity index is 5520. The minimum Gasteiger partial charge on any atom is -0.143 e. The summed E-state index contributed by atoms with van der Waals surface area (Å²) < 4.78 is 118. The third kappa shape index (κ3) is 29.2. The standard InChI is InChI=1S/C48H52O6P2S8.C25H41O6P2S2.C12H7IS3.3C4H9.Sn/c1-5-9-25-51-55(49,52-26-10-6-2)33-31-45(43-22-21-40(61-43)39-19-17-37(59-39)35-15-13-29-57-35)63-48(33)46-32-34(56(50,53-27-11-7-3)54-28-12-8-4)47(64-46)44-24-23-42(62-44)41-20-18-38(60-41)36-16-14-30-58-36;1-6-10-14-28-32(26,29-15-11-7-2)22-19-24(34-20-22)25-23(18-21(5)35-25)33(27,30-16-12-8-3)31-17-13-9-4;13-12-6-5-11(16-12)10-4-3-9(15-10)8-2-1-7-14-8;3*1-3-4-2;/h13-24,29-32H,5-12,25-28H2,1-4H3;18-19H,6-17H2,1-5H3;1-7H;3*1,3-4H2,2H3;. The molecule has 0 saturated heterocycles. The van der Waals surface area contributed by atoms with Crippen LogP contribution in [0.3, 0.4) is 0 Å². The topological polar surface area (TPSA) is 142 Å². The van der Waals surface area contributed by atoms with E-state index in [1.165, 1.54) is 92.0 Å². The van der Waals surface area contributed by atoms with Crippen molar-refractivity contribution >= 4 is 243 Å². The third-order valence-corrected chi connectivity index (χ3v) is 65.1. The van der Waals surface area contributed by atoms with E-state index in [1.807, 2.05) is 52.2 Å². The Morgan fingerprint density at radius 1 is 0.258 bits per heavy atom. The molecule has 0 bridgehead atoms. The quantitative estimate of drug-likeness (QED) is 0.0155. The Kier molecular flexibility index (Phi) is 45.5. The fourth-order valence-corrected chi connectivity index (χ4v) is 59.6. The second kappa shape index (κ2) is 54.5. The summed E-state index contributed by atoms with van der Waals surface area (Å²) in [6.07, 6.45) is 20.9. The summed E-state index contributed by atoms with van der Waals surface area (Å²) in [6.45, 7) is 28.7. The molecule has 12 nitrogen and oxygen atoms in total. The van der Waals surface area contributed by atoms with Gasteiger partial charge in [0.2, 0.25) is 0 Å². The van der Waals surface area contributed by atoms with Crippen molar-refractivity contribution < 1.29 is 54.5 Å². The van der Waals surface area contributed by atoms with Gasteiger partial charge in [0.1, 0.15) is 0 Å². The smallest absolute Gasteiger partial charge is 0.0660 e. The molecule has 13 aromatic heterocycles. The summed E-state index contributed by atoms with van der Waals surface area (Å²) in [6, 6.07) is 47.2. The van der Waals surface area contributed by atoms with Gasteiger partial charge in [0.15, 0.2) is 0 Å². The molecule has 696 valence electrons. The van der Waals surface area contributed by atoms with Gasteiger partial charge in [-0.2, -0.15) is 0 Å². The van der Waals surface area contributed by atoms with Gasteiger partial charge in [-0.3, -0.25) is 9.13 Å². The predicted molar refractivity (Wildman–Crippen MR) is 584 cm³/mol. The molecule has 0 aliphatic rings. The molecule has 13 aromatic rings. The molecular formula is C97H127IO12P4S13Sn. The number of aryl methyl sites for hydroxylation is 1. The first-order chi connectivity index (χ1) is 62.2. The largest absolute Gasteiger partial charge is 0.143 e. The zero-order chi connectivity index (χ0) is 90.9. The molecule has 13 heterocycles. The van der Waals surface area contributed by atoms with E-state index in [2.05, 4.69) is 237 Å². The Hall–Kier alpha value is -1.77. The van der Waals surface area contributed by atoms with Crippen LogP contribution < -0.4 is 24.1 Å². The summed E-state index contributed by atoms with van der Waals surface area (Å²) in [5.74, 6) is 0. The van der Waals surface area contributed by atoms with Crippen LogP contribution in [0.15, 0.2) is 150 Å². The molecule has 0 saturated carbocycles. The van der Waals surface area contributed by atoms with E-state index in [9.17, 15) is 4.57 Å². The Balaban J connectivity index is 0.000000216. The van der Waals surface area contributed by atoms with Crippen molar-refractivity contribution in [1.29, 1.82) is 0 Å². The van der Waals surface area contributed by atoms with Crippen LogP contribution in [0.1, 0.15) is 222 Å². The van der Waals surface area contributed by atoms with Crippen LogP contribution >= 0.6 is 200 Å². The summed E-state index contributed by atoms with van der Waals surface area (Å²) in [5.41, 5.74) is 0. The van der Waals surface area contributed by atoms with Gasteiger partial charge in [0.25, 0.3) is 0 Å². The van der Waals surface area contributed by atoms with Crippen molar-refractivity contribution in [3.63, 3.8) is 0 Å². The van der Waals surface area contributed by atoms with Crippen molar-refractivity contribution in [2.24, 2.45) is 0 Å². The molecule has 0 aromatic carbocycles. The molecule has 0 fully saturated rings. The Morgan fingerprint density at radius 2 is 0.508 bits per heavy atom. The molecule has 0 atom stereocenters. The molecule has 0 aliphatic carbocycles. The van der Waals surface area contributed by atoms with E-state index in [-0.39, 0.29) is 0 Å². The van der Waals surface area contributed by atoms with Crippen LogP contribution in [0.2, 0.25) is 13.3 Å². The average Bonchev–Trinajstić information content (AvgIpc) is 1.58. The Morgan fingerprint density at radius 3 is 0.828 bits per heavy atom. The molecule has 0 amide bonds. The molecule has 0 aliphatic heterocycles. The van der Waals surface area contributed by atoms with Crippen LogP contribution in [-0.2, 0) is 54.5 Å². The van der Waals surface area contributed by atoms with Gasteiger partial charge in [-0.25, -0.2) is 0 Å². The van der Waals surface area contributed by atoms with Crippen molar-refractivity contribution in [2.75, 3.05) is 52.9 Å². The van der Waals surface area contributed by atoms with Gasteiger partial charge in [0, 0.05) is 78.0 Å². The third-order valence-electron chi connectivity index (χ3n) is 21.3. The van der Waals surface area contributed by atoms with Gasteiger partial charge >= 0.3 is 324 Å². The average molecular weight is 2270 g/mol. The van der Waals surface area contributed by atoms with Crippen LogP contribution in [0.4, 0.5) is 0 Å². The van der Waals surface area contributed by atoms with E-state index < -0.39 is 48.8 Å². The fraction of sp³-hybridized carbons (Fsp3) is 0.464. The van der Waals surface area contributed by atoms with Gasteiger partial charge in [-0.1, -0.05) is 71.6 Å². The van der Waals surface area contributed by atoms with Crippen molar-refractivity contribution in [3.8, 4) is 97.5 Å². The monoisotopic (exact) mass is 2270 g/mol. The maximum absolute atomic E-state index is 15.4. The van der Waals surface area contributed by atoms with Gasteiger partial charge < -0.3 is 18.1 Å². The first-order valence-corrected chi connectivity index (χ1v) is 71.2. The molecule has 0 N–H and O–H groups in total. The van der Waals surface area contributed by atoms with E-state index in [0.29, 0.717) is 68.8 Å². The molecule has 13 rings (SSSR count). The van der Waals surface area contributed by atoms with Crippen LogP contribution in [0, 0.1) is 9.81 Å². The number of hydrogen-bond donors (Lipinski definition) is 0. The summed E-state index contributed by atoms with van der Waals surface area (Å²) >= 11 is 21.8.